The minimum atomic E-state index is -0.216. The van der Waals surface area contributed by atoms with Gasteiger partial charge in [-0.15, -0.1) is 0 Å². The van der Waals surface area contributed by atoms with Crippen LogP contribution in [0.4, 0.5) is 0 Å². The lowest BCUT2D eigenvalue weighted by atomic mass is 10.1. The van der Waals surface area contributed by atoms with E-state index in [-0.39, 0.29) is 11.7 Å². The molecule has 1 aromatic heterocycles. The predicted octanol–water partition coefficient (Wildman–Crippen LogP) is 1.93. The van der Waals surface area contributed by atoms with Crippen LogP contribution < -0.4 is 5.32 Å². The molecule has 0 bridgehead atoms. The van der Waals surface area contributed by atoms with E-state index in [9.17, 15) is 9.90 Å². The second kappa shape index (κ2) is 4.91. The molecule has 0 saturated carbocycles. The average molecular weight is 246 g/mol. The third kappa shape index (κ3) is 2.68. The summed E-state index contributed by atoms with van der Waals surface area (Å²) in [6.45, 7) is 3.85. The maximum Gasteiger partial charge on any atom is 0.251 e. The fraction of sp³-hybridized carbons (Fsp3) is 0.231. The van der Waals surface area contributed by atoms with Crippen molar-refractivity contribution >= 4 is 5.91 Å². The molecule has 2 rings (SSSR count). The standard InChI is InChI=1S/C13H14N2O3/c1-8-5-10(3-4-12(8)16)13(17)14-7-11-6-9(2)15-18-11/h3-6,16H,7H2,1-2H3,(H,14,17). The van der Waals surface area contributed by atoms with Gasteiger partial charge in [-0.25, -0.2) is 0 Å². The Hall–Kier alpha value is -2.30. The van der Waals surface area contributed by atoms with E-state index in [1.807, 2.05) is 6.92 Å². The maximum absolute atomic E-state index is 11.8. The van der Waals surface area contributed by atoms with Crippen LogP contribution in [-0.2, 0) is 6.54 Å². The van der Waals surface area contributed by atoms with Crippen molar-refractivity contribution < 1.29 is 14.4 Å². The van der Waals surface area contributed by atoms with Gasteiger partial charge in [-0.05, 0) is 37.6 Å². The molecule has 1 heterocycles. The number of aromatic hydroxyl groups is 1. The number of hydrogen-bond acceptors (Lipinski definition) is 4. The molecule has 1 amide bonds. The zero-order chi connectivity index (χ0) is 13.1. The minimum Gasteiger partial charge on any atom is -0.508 e. The summed E-state index contributed by atoms with van der Waals surface area (Å²) in [5.74, 6) is 0.570. The van der Waals surface area contributed by atoms with E-state index in [4.69, 9.17) is 4.52 Å². The summed E-state index contributed by atoms with van der Waals surface area (Å²) in [5.41, 5.74) is 1.94. The Kier molecular flexibility index (Phi) is 3.32. The van der Waals surface area contributed by atoms with Crippen LogP contribution in [0.5, 0.6) is 5.75 Å². The summed E-state index contributed by atoms with van der Waals surface area (Å²) in [6.07, 6.45) is 0. The number of carbonyl (C=O) groups is 1. The molecule has 0 aliphatic carbocycles. The zero-order valence-corrected chi connectivity index (χ0v) is 10.2. The molecule has 18 heavy (non-hydrogen) atoms. The Morgan fingerprint density at radius 2 is 2.17 bits per heavy atom. The number of hydrogen-bond donors (Lipinski definition) is 2. The van der Waals surface area contributed by atoms with Gasteiger partial charge in [0.25, 0.3) is 5.91 Å². The minimum absolute atomic E-state index is 0.178. The molecule has 0 atom stereocenters. The van der Waals surface area contributed by atoms with Crippen molar-refractivity contribution in [1.82, 2.24) is 10.5 Å². The first-order chi connectivity index (χ1) is 8.56. The van der Waals surface area contributed by atoms with E-state index in [0.717, 1.165) is 5.69 Å². The van der Waals surface area contributed by atoms with Crippen molar-refractivity contribution in [2.75, 3.05) is 0 Å². The Morgan fingerprint density at radius 3 is 2.78 bits per heavy atom. The largest absolute Gasteiger partial charge is 0.508 e. The second-order valence-corrected chi connectivity index (χ2v) is 4.12. The number of rotatable bonds is 3. The first kappa shape index (κ1) is 12.2. The molecular weight excluding hydrogens is 232 g/mol. The van der Waals surface area contributed by atoms with Crippen LogP contribution >= 0.6 is 0 Å². The van der Waals surface area contributed by atoms with Crippen molar-refractivity contribution in [3.05, 3.63) is 46.8 Å². The number of aromatic nitrogens is 1. The lowest BCUT2D eigenvalue weighted by Gasteiger charge is -2.04. The number of amides is 1. The summed E-state index contributed by atoms with van der Waals surface area (Å²) in [4.78, 5) is 11.8. The third-order valence-electron chi connectivity index (χ3n) is 2.56. The van der Waals surface area contributed by atoms with E-state index in [2.05, 4.69) is 10.5 Å². The Balaban J connectivity index is 2.01. The third-order valence-corrected chi connectivity index (χ3v) is 2.56. The Bertz CT molecular complexity index is 575. The highest BCUT2D eigenvalue weighted by atomic mass is 16.5. The van der Waals surface area contributed by atoms with Gasteiger partial charge in [0.05, 0.1) is 12.2 Å². The van der Waals surface area contributed by atoms with Crippen molar-refractivity contribution in [2.45, 2.75) is 20.4 Å². The summed E-state index contributed by atoms with van der Waals surface area (Å²) in [7, 11) is 0. The molecule has 0 radical (unpaired) electrons. The van der Waals surface area contributed by atoms with Gasteiger partial charge < -0.3 is 14.9 Å². The lowest BCUT2D eigenvalue weighted by Crippen LogP contribution is -2.22. The molecule has 0 unspecified atom stereocenters. The molecule has 2 N–H and O–H groups in total. The number of benzene rings is 1. The highest BCUT2D eigenvalue weighted by molar-refractivity contribution is 5.94. The average Bonchev–Trinajstić information content (AvgIpc) is 2.75. The van der Waals surface area contributed by atoms with E-state index < -0.39 is 0 Å². The summed E-state index contributed by atoms with van der Waals surface area (Å²) in [5, 5.41) is 15.8. The molecule has 2 aromatic rings. The van der Waals surface area contributed by atoms with Crippen molar-refractivity contribution in [2.24, 2.45) is 0 Å². The summed E-state index contributed by atoms with van der Waals surface area (Å²) < 4.78 is 4.99. The van der Waals surface area contributed by atoms with Crippen LogP contribution in [0.25, 0.3) is 0 Å². The first-order valence-corrected chi connectivity index (χ1v) is 5.56. The van der Waals surface area contributed by atoms with Gasteiger partial charge in [0.2, 0.25) is 0 Å². The zero-order valence-electron chi connectivity index (χ0n) is 10.2. The second-order valence-electron chi connectivity index (χ2n) is 4.12. The van der Waals surface area contributed by atoms with Crippen LogP contribution in [0, 0.1) is 13.8 Å². The smallest absolute Gasteiger partial charge is 0.251 e. The number of aryl methyl sites for hydroxylation is 2. The molecule has 0 fully saturated rings. The fourth-order valence-electron chi connectivity index (χ4n) is 1.57. The van der Waals surface area contributed by atoms with E-state index in [1.54, 1.807) is 25.1 Å². The molecule has 0 saturated heterocycles. The van der Waals surface area contributed by atoms with Crippen molar-refractivity contribution in [3.8, 4) is 5.75 Å². The van der Waals surface area contributed by atoms with Crippen LogP contribution in [0.2, 0.25) is 0 Å². The quantitative estimate of drug-likeness (QED) is 0.867. The predicted molar refractivity (Wildman–Crippen MR) is 65.3 cm³/mol. The van der Waals surface area contributed by atoms with Gasteiger partial charge in [0, 0.05) is 11.6 Å². The lowest BCUT2D eigenvalue weighted by molar-refractivity contribution is 0.0947. The van der Waals surface area contributed by atoms with Gasteiger partial charge in [0.15, 0.2) is 5.76 Å². The Labute approximate surface area is 104 Å². The molecule has 5 heteroatoms. The molecule has 0 aliphatic rings. The van der Waals surface area contributed by atoms with Crippen LogP contribution in [0.3, 0.4) is 0 Å². The molecule has 1 aromatic carbocycles. The highest BCUT2D eigenvalue weighted by Crippen LogP contribution is 2.16. The normalized spacial score (nSPS) is 10.3. The summed E-state index contributed by atoms with van der Waals surface area (Å²) in [6, 6.07) is 6.48. The molecule has 0 spiro atoms. The highest BCUT2D eigenvalue weighted by Gasteiger charge is 2.08. The van der Waals surface area contributed by atoms with E-state index >= 15 is 0 Å². The SMILES string of the molecule is Cc1cc(CNC(=O)c2ccc(O)c(C)c2)on1. The number of phenols is 1. The monoisotopic (exact) mass is 246 g/mol. The maximum atomic E-state index is 11.8. The van der Waals surface area contributed by atoms with Gasteiger partial charge in [-0.2, -0.15) is 0 Å². The van der Waals surface area contributed by atoms with E-state index in [0.29, 0.717) is 23.4 Å². The fourth-order valence-corrected chi connectivity index (χ4v) is 1.57. The Morgan fingerprint density at radius 1 is 1.39 bits per heavy atom. The summed E-state index contributed by atoms with van der Waals surface area (Å²) >= 11 is 0. The van der Waals surface area contributed by atoms with Gasteiger partial charge >= 0.3 is 0 Å². The van der Waals surface area contributed by atoms with Gasteiger partial charge in [-0.3, -0.25) is 4.79 Å². The van der Waals surface area contributed by atoms with Crippen LogP contribution in [0.15, 0.2) is 28.8 Å². The molecule has 94 valence electrons. The molecule has 0 aliphatic heterocycles. The van der Waals surface area contributed by atoms with Crippen molar-refractivity contribution in [3.63, 3.8) is 0 Å². The van der Waals surface area contributed by atoms with Gasteiger partial charge in [-0.1, -0.05) is 5.16 Å². The molecule has 5 nitrogen and oxygen atoms in total. The number of nitrogens with zero attached hydrogens (tertiary/aromatic N) is 1. The number of carbonyl (C=O) groups excluding carboxylic acids is 1. The van der Waals surface area contributed by atoms with Crippen LogP contribution in [-0.4, -0.2) is 16.2 Å². The van der Waals surface area contributed by atoms with Gasteiger partial charge in [0.1, 0.15) is 5.75 Å². The first-order valence-electron chi connectivity index (χ1n) is 5.56. The van der Waals surface area contributed by atoms with Crippen LogP contribution in [0.1, 0.15) is 27.4 Å². The number of nitrogens with one attached hydrogen (secondary N) is 1. The number of phenolic OH excluding ortho intramolecular Hbond substituents is 1. The van der Waals surface area contributed by atoms with Crippen molar-refractivity contribution in [1.29, 1.82) is 0 Å². The molecular formula is C13H14N2O3. The van der Waals surface area contributed by atoms with E-state index in [1.165, 1.54) is 6.07 Å². The topological polar surface area (TPSA) is 75.4 Å².